The number of halogens is 3. The van der Waals surface area contributed by atoms with E-state index in [2.05, 4.69) is 10.9 Å². The SMILES string of the molecule is O=C(Cc1cc(F)cc(F)c1)NNC(=O)c1ccc(Cl)cc1. The molecule has 2 amide bonds. The Balaban J connectivity index is 1.89. The predicted molar refractivity (Wildman–Crippen MR) is 77.1 cm³/mol. The van der Waals surface area contributed by atoms with Crippen molar-refractivity contribution in [2.45, 2.75) is 6.42 Å². The average Bonchev–Trinajstić information content (AvgIpc) is 2.44. The summed E-state index contributed by atoms with van der Waals surface area (Å²) in [6.45, 7) is 0. The third-order valence-corrected chi connectivity index (χ3v) is 2.96. The second kappa shape index (κ2) is 7.00. The van der Waals surface area contributed by atoms with Crippen molar-refractivity contribution in [1.82, 2.24) is 10.9 Å². The van der Waals surface area contributed by atoms with Crippen molar-refractivity contribution < 1.29 is 18.4 Å². The van der Waals surface area contributed by atoms with E-state index < -0.39 is 23.4 Å². The van der Waals surface area contributed by atoms with E-state index in [1.807, 2.05) is 0 Å². The lowest BCUT2D eigenvalue weighted by Crippen LogP contribution is -2.42. The molecule has 0 spiro atoms. The molecule has 2 aromatic carbocycles. The van der Waals surface area contributed by atoms with Gasteiger partial charge < -0.3 is 0 Å². The van der Waals surface area contributed by atoms with Crippen LogP contribution in [0.4, 0.5) is 8.78 Å². The number of carbonyl (C=O) groups is 2. The molecule has 0 saturated carbocycles. The standard InChI is InChI=1S/C15H11ClF2N2O2/c16-11-3-1-10(2-4-11)15(22)20-19-14(21)7-9-5-12(17)8-13(18)6-9/h1-6,8H,7H2,(H,19,21)(H,20,22). The normalized spacial score (nSPS) is 10.1. The molecule has 0 bridgehead atoms. The van der Waals surface area contributed by atoms with Gasteiger partial charge in [-0.2, -0.15) is 0 Å². The van der Waals surface area contributed by atoms with Crippen molar-refractivity contribution >= 4 is 23.4 Å². The molecule has 2 aromatic rings. The summed E-state index contributed by atoms with van der Waals surface area (Å²) in [5.41, 5.74) is 4.83. The predicted octanol–water partition coefficient (Wildman–Crippen LogP) is 2.62. The van der Waals surface area contributed by atoms with E-state index in [0.717, 1.165) is 12.1 Å². The number of rotatable bonds is 3. The van der Waals surface area contributed by atoms with Gasteiger partial charge in [-0.15, -0.1) is 0 Å². The first-order valence-corrected chi connectivity index (χ1v) is 6.61. The summed E-state index contributed by atoms with van der Waals surface area (Å²) in [7, 11) is 0. The van der Waals surface area contributed by atoms with E-state index in [9.17, 15) is 18.4 Å². The van der Waals surface area contributed by atoms with Crippen LogP contribution in [-0.4, -0.2) is 11.8 Å². The maximum Gasteiger partial charge on any atom is 0.269 e. The minimum absolute atomic E-state index is 0.163. The molecule has 0 heterocycles. The van der Waals surface area contributed by atoms with Crippen LogP contribution in [-0.2, 0) is 11.2 Å². The van der Waals surface area contributed by atoms with Gasteiger partial charge in [0, 0.05) is 16.7 Å². The lowest BCUT2D eigenvalue weighted by molar-refractivity contribution is -0.121. The molecule has 4 nitrogen and oxygen atoms in total. The number of hydrogen-bond acceptors (Lipinski definition) is 2. The highest BCUT2D eigenvalue weighted by Gasteiger charge is 2.09. The van der Waals surface area contributed by atoms with Crippen molar-refractivity contribution in [2.24, 2.45) is 0 Å². The van der Waals surface area contributed by atoms with Crippen LogP contribution in [0.15, 0.2) is 42.5 Å². The second-order valence-electron chi connectivity index (χ2n) is 4.46. The van der Waals surface area contributed by atoms with E-state index >= 15 is 0 Å². The highest BCUT2D eigenvalue weighted by atomic mass is 35.5. The first kappa shape index (κ1) is 15.9. The van der Waals surface area contributed by atoms with Crippen molar-refractivity contribution in [2.75, 3.05) is 0 Å². The fourth-order valence-electron chi connectivity index (χ4n) is 1.74. The van der Waals surface area contributed by atoms with Crippen LogP contribution in [0.25, 0.3) is 0 Å². The zero-order valence-electron chi connectivity index (χ0n) is 11.2. The number of nitrogens with one attached hydrogen (secondary N) is 2. The van der Waals surface area contributed by atoms with Crippen LogP contribution in [0, 0.1) is 11.6 Å². The van der Waals surface area contributed by atoms with Crippen LogP contribution in [0.3, 0.4) is 0 Å². The largest absolute Gasteiger partial charge is 0.273 e. The molecule has 22 heavy (non-hydrogen) atoms. The third-order valence-electron chi connectivity index (χ3n) is 2.71. The smallest absolute Gasteiger partial charge is 0.269 e. The zero-order valence-corrected chi connectivity index (χ0v) is 12.0. The Bertz CT molecular complexity index is 685. The Morgan fingerprint density at radius 1 is 0.955 bits per heavy atom. The van der Waals surface area contributed by atoms with Gasteiger partial charge in [0.05, 0.1) is 6.42 Å². The van der Waals surface area contributed by atoms with Crippen LogP contribution >= 0.6 is 11.6 Å². The fourth-order valence-corrected chi connectivity index (χ4v) is 1.87. The molecule has 0 aliphatic heterocycles. The van der Waals surface area contributed by atoms with Crippen LogP contribution in [0.1, 0.15) is 15.9 Å². The highest BCUT2D eigenvalue weighted by Crippen LogP contribution is 2.10. The summed E-state index contributed by atoms with van der Waals surface area (Å²) in [5.74, 6) is -2.68. The number of amides is 2. The lowest BCUT2D eigenvalue weighted by atomic mass is 10.1. The maximum atomic E-state index is 13.0. The average molecular weight is 325 g/mol. The number of hydrazine groups is 1. The van der Waals surface area contributed by atoms with Gasteiger partial charge in [0.2, 0.25) is 5.91 Å². The minimum Gasteiger partial charge on any atom is -0.273 e. The molecule has 0 radical (unpaired) electrons. The zero-order chi connectivity index (χ0) is 16.1. The first-order chi connectivity index (χ1) is 10.4. The summed E-state index contributed by atoms with van der Waals surface area (Å²) in [4.78, 5) is 23.4. The Morgan fingerprint density at radius 2 is 1.55 bits per heavy atom. The van der Waals surface area contributed by atoms with Gasteiger partial charge >= 0.3 is 0 Å². The number of hydrogen-bond donors (Lipinski definition) is 2. The topological polar surface area (TPSA) is 58.2 Å². The van der Waals surface area contributed by atoms with E-state index in [-0.39, 0.29) is 12.0 Å². The highest BCUT2D eigenvalue weighted by molar-refractivity contribution is 6.30. The van der Waals surface area contributed by atoms with Gasteiger partial charge in [0.15, 0.2) is 0 Å². The summed E-state index contributed by atoms with van der Waals surface area (Å²) in [5, 5.41) is 0.480. The minimum atomic E-state index is -0.770. The molecule has 2 N–H and O–H groups in total. The molecular weight excluding hydrogens is 314 g/mol. The molecular formula is C15H11ClF2N2O2. The Kier molecular flexibility index (Phi) is 5.06. The van der Waals surface area contributed by atoms with Crippen LogP contribution in [0.2, 0.25) is 5.02 Å². The molecule has 0 aliphatic carbocycles. The number of benzene rings is 2. The van der Waals surface area contributed by atoms with Gasteiger partial charge in [0.1, 0.15) is 11.6 Å². The van der Waals surface area contributed by atoms with Crippen molar-refractivity contribution in [3.05, 3.63) is 70.2 Å². The summed E-state index contributed by atoms with van der Waals surface area (Å²) < 4.78 is 26.0. The van der Waals surface area contributed by atoms with E-state index in [0.29, 0.717) is 16.7 Å². The van der Waals surface area contributed by atoms with Crippen molar-refractivity contribution in [3.8, 4) is 0 Å². The van der Waals surface area contributed by atoms with Crippen molar-refractivity contribution in [3.63, 3.8) is 0 Å². The molecule has 0 aromatic heterocycles. The molecule has 0 saturated heterocycles. The van der Waals surface area contributed by atoms with E-state index in [4.69, 9.17) is 11.6 Å². The third kappa shape index (κ3) is 4.53. The monoisotopic (exact) mass is 324 g/mol. The molecule has 0 fully saturated rings. The quantitative estimate of drug-likeness (QED) is 0.853. The van der Waals surface area contributed by atoms with E-state index in [1.165, 1.54) is 24.3 Å². The molecule has 0 unspecified atom stereocenters. The molecule has 114 valence electrons. The maximum absolute atomic E-state index is 13.0. The summed E-state index contributed by atoms with van der Waals surface area (Å²) >= 11 is 5.70. The van der Waals surface area contributed by atoms with Gasteiger partial charge in [-0.1, -0.05) is 11.6 Å². The Morgan fingerprint density at radius 3 is 2.14 bits per heavy atom. The number of carbonyl (C=O) groups excluding carboxylic acids is 2. The van der Waals surface area contributed by atoms with E-state index in [1.54, 1.807) is 0 Å². The van der Waals surface area contributed by atoms with Crippen molar-refractivity contribution in [1.29, 1.82) is 0 Å². The Hall–Kier alpha value is -2.47. The van der Waals surface area contributed by atoms with Crippen LogP contribution in [0.5, 0.6) is 0 Å². The molecule has 2 rings (SSSR count). The molecule has 0 atom stereocenters. The molecule has 0 aliphatic rings. The lowest BCUT2D eigenvalue weighted by Gasteiger charge is -2.08. The summed E-state index contributed by atoms with van der Waals surface area (Å²) in [6.07, 6.45) is -0.268. The Labute approximate surface area is 130 Å². The van der Waals surface area contributed by atoms with Crippen LogP contribution < -0.4 is 10.9 Å². The van der Waals surface area contributed by atoms with Gasteiger partial charge in [-0.05, 0) is 42.0 Å². The molecule has 7 heteroatoms. The van der Waals surface area contributed by atoms with Gasteiger partial charge in [-0.25, -0.2) is 8.78 Å². The van der Waals surface area contributed by atoms with Gasteiger partial charge in [-0.3, -0.25) is 20.4 Å². The second-order valence-corrected chi connectivity index (χ2v) is 4.90. The van der Waals surface area contributed by atoms with Gasteiger partial charge in [0.25, 0.3) is 5.91 Å². The fraction of sp³-hybridized carbons (Fsp3) is 0.0667. The first-order valence-electron chi connectivity index (χ1n) is 6.24. The summed E-state index contributed by atoms with van der Waals surface area (Å²) in [6, 6.07) is 8.86.